The lowest BCUT2D eigenvalue weighted by atomic mass is 9.84. The minimum atomic E-state index is -0.984. The van der Waals surface area contributed by atoms with E-state index in [0.29, 0.717) is 12.8 Å². The third-order valence-corrected chi connectivity index (χ3v) is 2.78. The Bertz CT molecular complexity index is 358. The van der Waals surface area contributed by atoms with E-state index in [1.165, 1.54) is 6.08 Å². The minimum absolute atomic E-state index is 0.00627. The van der Waals surface area contributed by atoms with Gasteiger partial charge in [0, 0.05) is 0 Å². The zero-order valence-corrected chi connectivity index (χ0v) is 10.4. The highest BCUT2D eigenvalue weighted by molar-refractivity contribution is 6.55. The molecule has 0 bridgehead atoms. The molecule has 1 N–H and O–H groups in total. The second-order valence-electron chi connectivity index (χ2n) is 3.60. The molecule has 0 fully saturated rings. The smallest absolute Gasteiger partial charge is 0.313 e. The number of carboxylic acids is 1. The van der Waals surface area contributed by atoms with Crippen LogP contribution in [0.4, 0.5) is 0 Å². The highest BCUT2D eigenvalue weighted by Crippen LogP contribution is 2.26. The van der Waals surface area contributed by atoms with Crippen molar-refractivity contribution in [3.63, 3.8) is 0 Å². The van der Waals surface area contributed by atoms with Gasteiger partial charge in [-0.1, -0.05) is 35.4 Å². The van der Waals surface area contributed by atoms with Gasteiger partial charge in [-0.3, -0.25) is 9.59 Å². The van der Waals surface area contributed by atoms with Crippen molar-refractivity contribution in [1.82, 2.24) is 0 Å². The Morgan fingerprint density at radius 2 is 2.18 bits per heavy atom. The summed E-state index contributed by atoms with van der Waals surface area (Å²) in [7, 11) is 0. The van der Waals surface area contributed by atoms with Crippen molar-refractivity contribution in [1.29, 1.82) is 0 Å². The topological polar surface area (TPSA) is 63.6 Å². The van der Waals surface area contributed by atoms with Gasteiger partial charge < -0.3 is 9.84 Å². The van der Waals surface area contributed by atoms with Crippen molar-refractivity contribution in [2.75, 3.05) is 6.61 Å². The van der Waals surface area contributed by atoms with Crippen molar-refractivity contribution >= 4 is 35.1 Å². The predicted octanol–water partition coefficient (Wildman–Crippen LogP) is 2.52. The van der Waals surface area contributed by atoms with Gasteiger partial charge in [0.15, 0.2) is 0 Å². The molecule has 0 aromatic heterocycles. The van der Waals surface area contributed by atoms with E-state index in [1.807, 2.05) is 0 Å². The molecule has 0 radical (unpaired) electrons. The van der Waals surface area contributed by atoms with Gasteiger partial charge in [0.2, 0.25) is 0 Å². The van der Waals surface area contributed by atoms with E-state index in [2.05, 4.69) is 0 Å². The molecule has 1 aliphatic rings. The van der Waals surface area contributed by atoms with Gasteiger partial charge in [0.05, 0.1) is 11.8 Å². The van der Waals surface area contributed by atoms with Crippen LogP contribution in [0.15, 0.2) is 22.7 Å². The normalized spacial score (nSPS) is 22.9. The Balaban J connectivity index is 2.59. The monoisotopic (exact) mass is 278 g/mol. The first kappa shape index (κ1) is 14.1. The standard InChI is InChI=1S/C11H12Cl2O4/c12-9(13)5-6-17-11(16)8-4-2-1-3-7(8)10(14)15/h2,4-5,7-8H,1,3,6H2,(H,14,15). The van der Waals surface area contributed by atoms with E-state index in [0.717, 1.165) is 0 Å². The molecular formula is C11H12Cl2O4. The van der Waals surface area contributed by atoms with Crippen LogP contribution in [0.5, 0.6) is 0 Å². The molecule has 17 heavy (non-hydrogen) atoms. The van der Waals surface area contributed by atoms with E-state index in [9.17, 15) is 9.59 Å². The Morgan fingerprint density at radius 3 is 2.76 bits per heavy atom. The van der Waals surface area contributed by atoms with Crippen molar-refractivity contribution in [2.24, 2.45) is 11.8 Å². The van der Waals surface area contributed by atoms with Crippen LogP contribution in [0.3, 0.4) is 0 Å². The molecule has 4 nitrogen and oxygen atoms in total. The second-order valence-corrected chi connectivity index (χ2v) is 4.61. The Labute approximate surface area is 109 Å². The molecule has 1 aliphatic carbocycles. The van der Waals surface area contributed by atoms with Gasteiger partial charge in [0.25, 0.3) is 0 Å². The molecule has 1 rings (SSSR count). The minimum Gasteiger partial charge on any atom is -0.481 e. The van der Waals surface area contributed by atoms with Gasteiger partial charge in [-0.2, -0.15) is 0 Å². The van der Waals surface area contributed by atoms with Crippen molar-refractivity contribution in [3.8, 4) is 0 Å². The molecule has 0 aliphatic heterocycles. The molecular weight excluding hydrogens is 267 g/mol. The fourth-order valence-electron chi connectivity index (χ4n) is 1.64. The number of hydrogen-bond acceptors (Lipinski definition) is 3. The first-order valence-corrected chi connectivity index (χ1v) is 5.85. The average molecular weight is 279 g/mol. The third kappa shape index (κ3) is 4.40. The number of rotatable bonds is 4. The van der Waals surface area contributed by atoms with Crippen molar-refractivity contribution in [2.45, 2.75) is 12.8 Å². The summed E-state index contributed by atoms with van der Waals surface area (Å²) in [4.78, 5) is 22.6. The fourth-order valence-corrected chi connectivity index (χ4v) is 1.76. The van der Waals surface area contributed by atoms with Crippen LogP contribution in [0, 0.1) is 11.8 Å². The van der Waals surface area contributed by atoms with Gasteiger partial charge in [-0.05, 0) is 18.9 Å². The van der Waals surface area contributed by atoms with Crippen LogP contribution in [0.1, 0.15) is 12.8 Å². The maximum absolute atomic E-state index is 11.6. The zero-order valence-electron chi connectivity index (χ0n) is 8.94. The van der Waals surface area contributed by atoms with Gasteiger partial charge >= 0.3 is 11.9 Å². The van der Waals surface area contributed by atoms with Gasteiger partial charge in [-0.15, -0.1) is 0 Å². The number of aliphatic carboxylic acids is 1. The molecule has 0 saturated carbocycles. The Kier molecular flexibility index (Phi) is 5.51. The van der Waals surface area contributed by atoms with E-state index in [1.54, 1.807) is 12.2 Å². The summed E-state index contributed by atoms with van der Waals surface area (Å²) in [5.41, 5.74) is 0. The molecule has 0 saturated heterocycles. The third-order valence-electron chi connectivity index (χ3n) is 2.47. The number of ether oxygens (including phenoxy) is 1. The number of carbonyl (C=O) groups is 2. The summed E-state index contributed by atoms with van der Waals surface area (Å²) >= 11 is 10.7. The number of hydrogen-bond donors (Lipinski definition) is 1. The second kappa shape index (κ2) is 6.67. The predicted molar refractivity (Wildman–Crippen MR) is 63.7 cm³/mol. The van der Waals surface area contributed by atoms with Crippen molar-refractivity contribution < 1.29 is 19.4 Å². The van der Waals surface area contributed by atoms with E-state index >= 15 is 0 Å². The van der Waals surface area contributed by atoms with E-state index < -0.39 is 23.8 Å². The number of halogens is 2. The molecule has 0 spiro atoms. The molecule has 94 valence electrons. The largest absolute Gasteiger partial charge is 0.481 e. The molecule has 2 atom stereocenters. The zero-order chi connectivity index (χ0) is 12.8. The summed E-state index contributed by atoms with van der Waals surface area (Å²) in [5.74, 6) is -3.01. The molecule has 2 unspecified atom stereocenters. The SMILES string of the molecule is O=C(OCC=C(Cl)Cl)C1C=CCCC1C(=O)O. The van der Waals surface area contributed by atoms with Crippen LogP contribution in [0.2, 0.25) is 0 Å². The van der Waals surface area contributed by atoms with Crippen molar-refractivity contribution in [3.05, 3.63) is 22.7 Å². The first-order chi connectivity index (χ1) is 8.02. The van der Waals surface area contributed by atoms with Crippen LogP contribution in [0.25, 0.3) is 0 Å². The van der Waals surface area contributed by atoms with Gasteiger partial charge in [-0.25, -0.2) is 0 Å². The number of carboxylic acid groups (broad SMARTS) is 1. The lowest BCUT2D eigenvalue weighted by molar-refractivity contribution is -0.155. The maximum atomic E-state index is 11.6. The number of carbonyl (C=O) groups excluding carboxylic acids is 1. The highest BCUT2D eigenvalue weighted by atomic mass is 35.5. The lowest BCUT2D eigenvalue weighted by Crippen LogP contribution is -2.31. The Morgan fingerprint density at radius 1 is 1.47 bits per heavy atom. The summed E-state index contributed by atoms with van der Waals surface area (Å²) in [6.07, 6.45) is 5.79. The van der Waals surface area contributed by atoms with Gasteiger partial charge in [0.1, 0.15) is 11.1 Å². The summed E-state index contributed by atoms with van der Waals surface area (Å²) in [6, 6.07) is 0. The molecule has 0 aromatic rings. The highest BCUT2D eigenvalue weighted by Gasteiger charge is 2.34. The summed E-state index contributed by atoms with van der Waals surface area (Å²) in [5, 5.41) is 8.98. The summed E-state index contributed by atoms with van der Waals surface area (Å²) < 4.78 is 4.88. The number of esters is 1. The molecule has 0 amide bonds. The first-order valence-electron chi connectivity index (χ1n) is 5.09. The number of allylic oxidation sites excluding steroid dienone is 1. The van der Waals surface area contributed by atoms with Crippen LogP contribution >= 0.6 is 23.2 Å². The van der Waals surface area contributed by atoms with Crippen LogP contribution < -0.4 is 0 Å². The quantitative estimate of drug-likeness (QED) is 0.634. The molecule has 0 heterocycles. The fraction of sp³-hybridized carbons (Fsp3) is 0.455. The van der Waals surface area contributed by atoms with Crippen LogP contribution in [-0.2, 0) is 14.3 Å². The van der Waals surface area contributed by atoms with E-state index in [-0.39, 0.29) is 11.1 Å². The van der Waals surface area contributed by atoms with Crippen LogP contribution in [-0.4, -0.2) is 23.7 Å². The molecule has 0 aromatic carbocycles. The van der Waals surface area contributed by atoms with E-state index in [4.69, 9.17) is 33.0 Å². The molecule has 6 heteroatoms. The Hall–Kier alpha value is -1.00. The average Bonchev–Trinajstić information content (AvgIpc) is 2.28. The summed E-state index contributed by atoms with van der Waals surface area (Å²) in [6.45, 7) is -0.0577. The lowest BCUT2D eigenvalue weighted by Gasteiger charge is -2.22. The maximum Gasteiger partial charge on any atom is 0.313 e.